The molecular formula is C29H35N3O6S. The molecule has 0 spiro atoms. The van der Waals surface area contributed by atoms with E-state index in [1.54, 1.807) is 75.6 Å². The van der Waals surface area contributed by atoms with Gasteiger partial charge < -0.3 is 19.7 Å². The number of hydrogen-bond donors (Lipinski definition) is 1. The zero-order valence-electron chi connectivity index (χ0n) is 22.9. The molecule has 0 saturated carbocycles. The minimum Gasteiger partial charge on any atom is -0.497 e. The van der Waals surface area contributed by atoms with E-state index in [4.69, 9.17) is 9.47 Å². The van der Waals surface area contributed by atoms with Crippen LogP contribution in [0, 0.1) is 6.92 Å². The number of methoxy groups -OCH3 is 2. The van der Waals surface area contributed by atoms with Gasteiger partial charge in [0, 0.05) is 13.1 Å². The number of sulfonamides is 1. The van der Waals surface area contributed by atoms with Crippen molar-refractivity contribution in [3.05, 3.63) is 83.9 Å². The van der Waals surface area contributed by atoms with Crippen LogP contribution in [-0.2, 0) is 26.2 Å². The Hall–Kier alpha value is -4.05. The van der Waals surface area contributed by atoms with Gasteiger partial charge in [0.15, 0.2) is 0 Å². The monoisotopic (exact) mass is 553 g/mol. The molecule has 208 valence electrons. The number of carbonyl (C=O) groups is 2. The number of ether oxygens (including phenoxy) is 2. The summed E-state index contributed by atoms with van der Waals surface area (Å²) in [5, 5.41) is 2.74. The average molecular weight is 554 g/mol. The van der Waals surface area contributed by atoms with Crippen LogP contribution in [0.25, 0.3) is 0 Å². The molecule has 0 aliphatic rings. The fourth-order valence-corrected chi connectivity index (χ4v) is 5.48. The summed E-state index contributed by atoms with van der Waals surface area (Å²) in [6.07, 6.45) is 0. The maximum absolute atomic E-state index is 13.9. The molecule has 0 bridgehead atoms. The number of likely N-dealkylation sites (N-methyl/N-ethyl adjacent to an activating group) is 1. The zero-order valence-corrected chi connectivity index (χ0v) is 23.7. The number of benzene rings is 3. The molecule has 0 heterocycles. The van der Waals surface area contributed by atoms with E-state index in [-0.39, 0.29) is 28.8 Å². The second kappa shape index (κ2) is 13.1. The predicted octanol–water partition coefficient (Wildman–Crippen LogP) is 3.76. The van der Waals surface area contributed by atoms with Crippen molar-refractivity contribution in [1.82, 2.24) is 10.2 Å². The highest BCUT2D eigenvalue weighted by Gasteiger charge is 2.33. The largest absolute Gasteiger partial charge is 0.497 e. The second-order valence-electron chi connectivity index (χ2n) is 8.94. The van der Waals surface area contributed by atoms with Gasteiger partial charge in [0.05, 0.1) is 24.8 Å². The zero-order chi connectivity index (χ0) is 28.6. The van der Waals surface area contributed by atoms with Gasteiger partial charge >= 0.3 is 0 Å². The summed E-state index contributed by atoms with van der Waals surface area (Å²) in [5.74, 6) is -0.0163. The van der Waals surface area contributed by atoms with E-state index < -0.39 is 28.5 Å². The van der Waals surface area contributed by atoms with Crippen molar-refractivity contribution in [2.75, 3.05) is 31.6 Å². The lowest BCUT2D eigenvalue weighted by Crippen LogP contribution is -2.51. The molecule has 9 nitrogen and oxygen atoms in total. The number of aryl methyl sites for hydroxylation is 1. The van der Waals surface area contributed by atoms with Crippen molar-refractivity contribution in [1.29, 1.82) is 0 Å². The molecule has 0 unspecified atom stereocenters. The highest BCUT2D eigenvalue weighted by atomic mass is 32.2. The third kappa shape index (κ3) is 7.08. The molecule has 0 aliphatic heterocycles. The molecule has 1 N–H and O–H groups in total. The standard InChI is InChI=1S/C29H35N3O6S/c1-6-30-29(34)22(3)31(19-23-10-9-11-24(18-23)37-4)28(33)20-32(26-12-7-8-13-27(26)38-5)39(35,36)25-16-14-21(2)15-17-25/h7-18,22H,6,19-20H2,1-5H3,(H,30,34)/t22-/m0/s1. The maximum Gasteiger partial charge on any atom is 0.264 e. The molecular weight excluding hydrogens is 518 g/mol. The third-order valence-electron chi connectivity index (χ3n) is 6.25. The van der Waals surface area contributed by atoms with Crippen LogP contribution >= 0.6 is 0 Å². The molecule has 3 aromatic rings. The second-order valence-corrected chi connectivity index (χ2v) is 10.8. The summed E-state index contributed by atoms with van der Waals surface area (Å²) in [7, 11) is -1.21. The Balaban J connectivity index is 2.07. The number of nitrogens with zero attached hydrogens (tertiary/aromatic N) is 2. The Kier molecular flexibility index (Phi) is 9.95. The lowest BCUT2D eigenvalue weighted by atomic mass is 10.1. The fourth-order valence-electron chi connectivity index (χ4n) is 4.06. The third-order valence-corrected chi connectivity index (χ3v) is 8.02. The molecule has 3 rings (SSSR count). The van der Waals surface area contributed by atoms with Crippen LogP contribution in [0.1, 0.15) is 25.0 Å². The Labute approximate surface area is 230 Å². The van der Waals surface area contributed by atoms with E-state index in [0.717, 1.165) is 15.4 Å². The molecule has 0 aromatic heterocycles. The van der Waals surface area contributed by atoms with Gasteiger partial charge in [0.25, 0.3) is 10.0 Å². The van der Waals surface area contributed by atoms with Crippen LogP contribution in [0.5, 0.6) is 11.5 Å². The first-order chi connectivity index (χ1) is 18.6. The highest BCUT2D eigenvalue weighted by molar-refractivity contribution is 7.92. The first-order valence-electron chi connectivity index (χ1n) is 12.5. The molecule has 39 heavy (non-hydrogen) atoms. The molecule has 0 radical (unpaired) electrons. The SMILES string of the molecule is CCNC(=O)[C@H](C)N(Cc1cccc(OC)c1)C(=O)CN(c1ccccc1OC)S(=O)(=O)c1ccc(C)cc1. The fraction of sp³-hybridized carbons (Fsp3) is 0.310. The minimum absolute atomic E-state index is 0.0305. The maximum atomic E-state index is 13.9. The van der Waals surface area contributed by atoms with E-state index in [1.165, 1.54) is 24.1 Å². The van der Waals surface area contributed by atoms with E-state index in [0.29, 0.717) is 12.3 Å². The van der Waals surface area contributed by atoms with Gasteiger partial charge in [-0.15, -0.1) is 0 Å². The van der Waals surface area contributed by atoms with Gasteiger partial charge in [-0.2, -0.15) is 0 Å². The summed E-state index contributed by atoms with van der Waals surface area (Å²) < 4.78 is 39.6. The van der Waals surface area contributed by atoms with E-state index in [9.17, 15) is 18.0 Å². The van der Waals surface area contributed by atoms with E-state index in [2.05, 4.69) is 5.32 Å². The topological polar surface area (TPSA) is 105 Å². The molecule has 3 aromatic carbocycles. The number of hydrogen-bond acceptors (Lipinski definition) is 6. The van der Waals surface area contributed by atoms with E-state index in [1.807, 2.05) is 13.0 Å². The minimum atomic E-state index is -4.19. The first kappa shape index (κ1) is 29.5. The van der Waals surface area contributed by atoms with Crippen molar-refractivity contribution >= 4 is 27.5 Å². The predicted molar refractivity (Wildman–Crippen MR) is 150 cm³/mol. The molecule has 0 aliphatic carbocycles. The Morgan fingerprint density at radius 2 is 1.64 bits per heavy atom. The van der Waals surface area contributed by atoms with E-state index >= 15 is 0 Å². The van der Waals surface area contributed by atoms with Gasteiger partial charge in [0.2, 0.25) is 11.8 Å². The molecule has 0 fully saturated rings. The van der Waals surface area contributed by atoms with Crippen LogP contribution in [0.3, 0.4) is 0 Å². The lowest BCUT2D eigenvalue weighted by Gasteiger charge is -2.32. The molecule has 2 amide bonds. The number of para-hydroxylation sites is 2. The van der Waals surface area contributed by atoms with Crippen LogP contribution in [0.2, 0.25) is 0 Å². The van der Waals surface area contributed by atoms with Crippen molar-refractivity contribution in [3.8, 4) is 11.5 Å². The molecule has 1 atom stereocenters. The number of nitrogens with one attached hydrogen (secondary N) is 1. The van der Waals surface area contributed by atoms with Crippen molar-refractivity contribution in [2.45, 2.75) is 38.3 Å². The smallest absolute Gasteiger partial charge is 0.264 e. The van der Waals surface area contributed by atoms with Crippen molar-refractivity contribution in [2.24, 2.45) is 0 Å². The Bertz CT molecular complexity index is 1390. The van der Waals surface area contributed by atoms with Gasteiger partial charge in [-0.25, -0.2) is 8.42 Å². The summed E-state index contributed by atoms with van der Waals surface area (Å²) >= 11 is 0. The van der Waals surface area contributed by atoms with Crippen LogP contribution in [0.15, 0.2) is 77.7 Å². The number of carbonyl (C=O) groups excluding carboxylic acids is 2. The molecule has 10 heteroatoms. The van der Waals surface area contributed by atoms with Gasteiger partial charge in [-0.1, -0.05) is 42.0 Å². The summed E-state index contributed by atoms with van der Waals surface area (Å²) in [4.78, 5) is 28.2. The number of rotatable bonds is 12. The average Bonchev–Trinajstić information content (AvgIpc) is 2.94. The Morgan fingerprint density at radius 3 is 2.28 bits per heavy atom. The Morgan fingerprint density at radius 1 is 0.949 bits per heavy atom. The van der Waals surface area contributed by atoms with Crippen molar-refractivity contribution in [3.63, 3.8) is 0 Å². The van der Waals surface area contributed by atoms with Gasteiger partial charge in [0.1, 0.15) is 24.1 Å². The quantitative estimate of drug-likeness (QED) is 0.366. The summed E-state index contributed by atoms with van der Waals surface area (Å²) in [5.41, 5.74) is 1.83. The summed E-state index contributed by atoms with van der Waals surface area (Å²) in [6.45, 7) is 5.17. The molecule has 0 saturated heterocycles. The highest BCUT2D eigenvalue weighted by Crippen LogP contribution is 2.32. The number of anilines is 1. The van der Waals surface area contributed by atoms with Crippen molar-refractivity contribution < 1.29 is 27.5 Å². The van der Waals surface area contributed by atoms with Gasteiger partial charge in [-0.05, 0) is 62.7 Å². The summed E-state index contributed by atoms with van der Waals surface area (Å²) in [6, 6.07) is 19.3. The van der Waals surface area contributed by atoms with Crippen LogP contribution < -0.4 is 19.1 Å². The van der Waals surface area contributed by atoms with Crippen LogP contribution in [0.4, 0.5) is 5.69 Å². The normalized spacial score (nSPS) is 11.8. The number of amides is 2. The van der Waals surface area contributed by atoms with Gasteiger partial charge in [-0.3, -0.25) is 13.9 Å². The lowest BCUT2D eigenvalue weighted by molar-refractivity contribution is -0.139. The first-order valence-corrected chi connectivity index (χ1v) is 14.0. The van der Waals surface area contributed by atoms with Crippen LogP contribution in [-0.4, -0.2) is 58.5 Å².